The Morgan fingerprint density at radius 3 is 2.53 bits per heavy atom. The maximum atomic E-state index is 12.8. The van der Waals surface area contributed by atoms with E-state index in [0.29, 0.717) is 31.0 Å². The average molecular weight is 479 g/mol. The predicted molar refractivity (Wildman–Crippen MR) is 144 cm³/mol. The number of hydrogen-bond donors (Lipinski definition) is 2. The van der Waals surface area contributed by atoms with Crippen LogP contribution in [0.2, 0.25) is 0 Å². The van der Waals surface area contributed by atoms with Crippen LogP contribution in [0.5, 0.6) is 0 Å². The van der Waals surface area contributed by atoms with Crippen LogP contribution in [-0.2, 0) is 11.2 Å². The fourth-order valence-electron chi connectivity index (χ4n) is 4.48. The molecule has 0 aliphatic rings. The highest BCUT2D eigenvalue weighted by atomic mass is 16.4. The molecular formula is C30H30N4O2. The van der Waals surface area contributed by atoms with Gasteiger partial charge < -0.3 is 19.6 Å². The smallest absolute Gasteiger partial charge is 0.220 e. The Balaban J connectivity index is 1.28. The Bertz CT molecular complexity index is 1430. The third kappa shape index (κ3) is 5.18. The fraction of sp³-hybridized carbons (Fsp3) is 0.200. The van der Waals surface area contributed by atoms with Crippen LogP contribution in [0.3, 0.4) is 0 Å². The number of H-pyrrole nitrogens is 1. The number of aryl methyl sites for hydroxylation is 1. The lowest BCUT2D eigenvalue weighted by Crippen LogP contribution is -2.29. The van der Waals surface area contributed by atoms with E-state index >= 15 is 0 Å². The van der Waals surface area contributed by atoms with Gasteiger partial charge >= 0.3 is 0 Å². The molecule has 1 atom stereocenters. The number of anilines is 1. The lowest BCUT2D eigenvalue weighted by atomic mass is 9.90. The van der Waals surface area contributed by atoms with Crippen LogP contribution >= 0.6 is 0 Å². The molecule has 0 spiro atoms. The first-order valence-electron chi connectivity index (χ1n) is 12.2. The lowest BCUT2D eigenvalue weighted by molar-refractivity contribution is -0.121. The third-order valence-corrected chi connectivity index (χ3v) is 6.49. The van der Waals surface area contributed by atoms with Gasteiger partial charge in [0.15, 0.2) is 11.7 Å². The van der Waals surface area contributed by atoms with Crippen molar-refractivity contribution in [2.45, 2.75) is 18.8 Å². The van der Waals surface area contributed by atoms with Gasteiger partial charge in [-0.1, -0.05) is 60.7 Å². The fourth-order valence-corrected chi connectivity index (χ4v) is 4.48. The van der Waals surface area contributed by atoms with E-state index < -0.39 is 0 Å². The molecule has 5 aromatic rings. The quantitative estimate of drug-likeness (QED) is 0.282. The van der Waals surface area contributed by atoms with Gasteiger partial charge in [-0.2, -0.15) is 0 Å². The number of fused-ring (bicyclic) bond motifs is 1. The first-order valence-corrected chi connectivity index (χ1v) is 12.2. The average Bonchev–Trinajstić information content (AvgIpc) is 3.56. The van der Waals surface area contributed by atoms with E-state index in [2.05, 4.69) is 62.8 Å². The van der Waals surface area contributed by atoms with E-state index in [1.165, 1.54) is 10.9 Å². The number of para-hydroxylation sites is 1. The molecule has 36 heavy (non-hydrogen) atoms. The largest absolute Gasteiger partial charge is 0.441 e. The van der Waals surface area contributed by atoms with Gasteiger partial charge in [-0.15, -0.1) is 0 Å². The van der Waals surface area contributed by atoms with Gasteiger partial charge in [-0.25, -0.2) is 4.98 Å². The summed E-state index contributed by atoms with van der Waals surface area (Å²) in [6, 6.07) is 26.6. The van der Waals surface area contributed by atoms with Crippen molar-refractivity contribution in [2.24, 2.45) is 0 Å². The third-order valence-electron chi connectivity index (χ3n) is 6.49. The number of aromatic amines is 1. The minimum absolute atomic E-state index is 0.0210. The Hall–Kier alpha value is -4.32. The number of amides is 1. The maximum absolute atomic E-state index is 12.8. The molecule has 5 rings (SSSR count). The summed E-state index contributed by atoms with van der Waals surface area (Å²) in [5.74, 6) is 1.28. The molecule has 6 heteroatoms. The SMILES string of the molecule is CN(C)c1ccc(C(CNC(=O)CCc2ncc(-c3ccccc3)o2)c2c[nH]c3ccccc23)cc1. The zero-order valence-corrected chi connectivity index (χ0v) is 20.6. The summed E-state index contributed by atoms with van der Waals surface area (Å²) in [6.45, 7) is 0.503. The van der Waals surface area contributed by atoms with Gasteiger partial charge in [0.25, 0.3) is 0 Å². The van der Waals surface area contributed by atoms with E-state index in [1.54, 1.807) is 6.20 Å². The van der Waals surface area contributed by atoms with Crippen molar-refractivity contribution in [1.29, 1.82) is 0 Å². The van der Waals surface area contributed by atoms with Crippen LogP contribution < -0.4 is 10.2 Å². The number of hydrogen-bond acceptors (Lipinski definition) is 4. The van der Waals surface area contributed by atoms with Crippen molar-refractivity contribution in [1.82, 2.24) is 15.3 Å². The molecule has 182 valence electrons. The summed E-state index contributed by atoms with van der Waals surface area (Å²) < 4.78 is 5.85. The minimum atomic E-state index is -0.0239. The highest BCUT2D eigenvalue weighted by Crippen LogP contribution is 2.31. The molecule has 2 aromatic heterocycles. The second kappa shape index (κ2) is 10.5. The molecule has 0 saturated carbocycles. The van der Waals surface area contributed by atoms with Gasteiger partial charge in [-0.05, 0) is 29.3 Å². The lowest BCUT2D eigenvalue weighted by Gasteiger charge is -2.20. The molecule has 6 nitrogen and oxygen atoms in total. The standard InChI is InChI=1S/C30H30N4O2/c1-34(2)23-14-12-21(13-15-23)25(26-19-31-27-11-7-6-10-24(26)27)18-32-29(35)16-17-30-33-20-28(36-30)22-8-4-3-5-9-22/h3-15,19-20,25,31H,16-18H2,1-2H3,(H,32,35). The molecule has 0 fully saturated rings. The second-order valence-electron chi connectivity index (χ2n) is 9.12. The Morgan fingerprint density at radius 1 is 1.00 bits per heavy atom. The number of oxazole rings is 1. The highest BCUT2D eigenvalue weighted by molar-refractivity contribution is 5.84. The summed E-state index contributed by atoms with van der Waals surface area (Å²) >= 11 is 0. The van der Waals surface area contributed by atoms with E-state index in [9.17, 15) is 4.79 Å². The van der Waals surface area contributed by atoms with Crippen molar-refractivity contribution in [3.05, 3.63) is 108 Å². The molecule has 0 aliphatic heterocycles. The van der Waals surface area contributed by atoms with Crippen LogP contribution in [0, 0.1) is 0 Å². The van der Waals surface area contributed by atoms with E-state index in [0.717, 1.165) is 22.3 Å². The van der Waals surface area contributed by atoms with E-state index in [1.807, 2.05) is 56.6 Å². The monoisotopic (exact) mass is 478 g/mol. The normalized spacial score (nSPS) is 11.9. The summed E-state index contributed by atoms with van der Waals surface area (Å²) in [7, 11) is 4.06. The van der Waals surface area contributed by atoms with Crippen LogP contribution in [0.15, 0.2) is 95.7 Å². The molecule has 1 unspecified atom stereocenters. The number of nitrogens with one attached hydrogen (secondary N) is 2. The number of nitrogens with zero attached hydrogens (tertiary/aromatic N) is 2. The zero-order chi connectivity index (χ0) is 24.9. The van der Waals surface area contributed by atoms with Crippen LogP contribution in [-0.4, -0.2) is 36.5 Å². The van der Waals surface area contributed by atoms with Gasteiger partial charge in [-0.3, -0.25) is 4.79 Å². The van der Waals surface area contributed by atoms with E-state index in [4.69, 9.17) is 4.42 Å². The first kappa shape index (κ1) is 23.4. The Morgan fingerprint density at radius 2 is 1.75 bits per heavy atom. The maximum Gasteiger partial charge on any atom is 0.220 e. The molecule has 0 aliphatic carbocycles. The van der Waals surface area contributed by atoms with Gasteiger partial charge in [0.2, 0.25) is 5.91 Å². The summed E-state index contributed by atoms with van der Waals surface area (Å²) in [4.78, 5) is 22.6. The van der Waals surface area contributed by atoms with Gasteiger partial charge in [0.05, 0.1) is 6.20 Å². The van der Waals surface area contributed by atoms with Crippen molar-refractivity contribution >= 4 is 22.5 Å². The van der Waals surface area contributed by atoms with Gasteiger partial charge in [0.1, 0.15) is 0 Å². The molecule has 0 saturated heterocycles. The zero-order valence-electron chi connectivity index (χ0n) is 20.6. The number of rotatable bonds is 9. The second-order valence-corrected chi connectivity index (χ2v) is 9.12. The minimum Gasteiger partial charge on any atom is -0.441 e. The topological polar surface area (TPSA) is 74.2 Å². The Labute approximate surface area is 211 Å². The molecule has 2 N–H and O–H groups in total. The number of benzene rings is 3. The van der Waals surface area contributed by atoms with Crippen LogP contribution in [0.4, 0.5) is 5.69 Å². The van der Waals surface area contributed by atoms with Crippen LogP contribution in [0.25, 0.3) is 22.2 Å². The highest BCUT2D eigenvalue weighted by Gasteiger charge is 2.19. The molecule has 0 radical (unpaired) electrons. The van der Waals surface area contributed by atoms with Crippen LogP contribution in [0.1, 0.15) is 29.4 Å². The van der Waals surface area contributed by atoms with Gasteiger partial charge in [0, 0.05) is 67.8 Å². The summed E-state index contributed by atoms with van der Waals surface area (Å²) in [5.41, 5.74) is 5.53. The van der Waals surface area contributed by atoms with Crippen molar-refractivity contribution in [3.63, 3.8) is 0 Å². The first-order chi connectivity index (χ1) is 17.6. The number of aromatic nitrogens is 2. The molecule has 0 bridgehead atoms. The summed E-state index contributed by atoms with van der Waals surface area (Å²) in [5, 5.41) is 4.32. The predicted octanol–water partition coefficient (Wildman–Crippen LogP) is 5.77. The van der Waals surface area contributed by atoms with Crippen molar-refractivity contribution in [3.8, 4) is 11.3 Å². The molecule has 1 amide bonds. The van der Waals surface area contributed by atoms with Crippen molar-refractivity contribution < 1.29 is 9.21 Å². The molecule has 3 aromatic carbocycles. The number of carbonyl (C=O) groups excluding carboxylic acids is 1. The molecule has 2 heterocycles. The molecular weight excluding hydrogens is 448 g/mol. The van der Waals surface area contributed by atoms with Crippen molar-refractivity contribution in [2.75, 3.05) is 25.5 Å². The number of carbonyl (C=O) groups is 1. The Kier molecular flexibility index (Phi) is 6.85. The van der Waals surface area contributed by atoms with E-state index in [-0.39, 0.29) is 11.8 Å². The summed E-state index contributed by atoms with van der Waals surface area (Å²) in [6.07, 6.45) is 4.54.